The summed E-state index contributed by atoms with van der Waals surface area (Å²) >= 11 is 5.24. The summed E-state index contributed by atoms with van der Waals surface area (Å²) in [6, 6.07) is 8.24. The molecule has 2 aromatic heterocycles. The van der Waals surface area contributed by atoms with E-state index in [9.17, 15) is 0 Å². The minimum Gasteiger partial charge on any atom is -0.464 e. The monoisotopic (exact) mass is 258 g/mol. The van der Waals surface area contributed by atoms with Crippen molar-refractivity contribution in [2.75, 3.05) is 0 Å². The van der Waals surface area contributed by atoms with E-state index in [-0.39, 0.29) is 0 Å². The first-order chi connectivity index (χ1) is 8.76. The Bertz CT molecular complexity index is 735. The Labute approximate surface area is 110 Å². The van der Waals surface area contributed by atoms with Gasteiger partial charge >= 0.3 is 0 Å². The van der Waals surface area contributed by atoms with Gasteiger partial charge in [-0.05, 0) is 42.9 Å². The van der Waals surface area contributed by atoms with Crippen LogP contribution in [-0.2, 0) is 13.0 Å². The normalized spacial score (nSPS) is 11.2. The Morgan fingerprint density at radius 3 is 3.00 bits per heavy atom. The summed E-state index contributed by atoms with van der Waals surface area (Å²) in [6.07, 6.45) is 4.66. The number of nitrogens with one attached hydrogen (secondary N) is 1. The van der Waals surface area contributed by atoms with Gasteiger partial charge in [0.1, 0.15) is 5.58 Å². The van der Waals surface area contributed by atoms with E-state index < -0.39 is 0 Å². The summed E-state index contributed by atoms with van der Waals surface area (Å²) in [6.45, 7) is 2.99. The fourth-order valence-electron chi connectivity index (χ4n) is 2.16. The molecular formula is C14H14N2OS. The lowest BCUT2D eigenvalue weighted by Gasteiger charge is -1.99. The summed E-state index contributed by atoms with van der Waals surface area (Å²) in [4.78, 5) is 3.24. The lowest BCUT2D eigenvalue weighted by Crippen LogP contribution is -1.90. The van der Waals surface area contributed by atoms with Crippen molar-refractivity contribution in [2.45, 2.75) is 19.9 Å². The van der Waals surface area contributed by atoms with Crippen LogP contribution in [0.2, 0.25) is 0 Å². The van der Waals surface area contributed by atoms with E-state index in [4.69, 9.17) is 16.6 Å². The van der Waals surface area contributed by atoms with E-state index in [0.717, 1.165) is 34.4 Å². The van der Waals surface area contributed by atoms with Crippen molar-refractivity contribution in [2.24, 2.45) is 0 Å². The van der Waals surface area contributed by atoms with Crippen molar-refractivity contribution in [3.63, 3.8) is 0 Å². The number of hydrogen-bond acceptors (Lipinski definition) is 2. The average Bonchev–Trinajstić information content (AvgIpc) is 2.95. The first-order valence-electron chi connectivity index (χ1n) is 6.00. The van der Waals surface area contributed by atoms with Gasteiger partial charge < -0.3 is 14.0 Å². The number of hydrogen-bond donors (Lipinski definition) is 1. The van der Waals surface area contributed by atoms with Crippen LogP contribution in [0.1, 0.15) is 18.2 Å². The first-order valence-corrected chi connectivity index (χ1v) is 6.41. The van der Waals surface area contributed by atoms with Crippen LogP contribution in [0.5, 0.6) is 0 Å². The average molecular weight is 258 g/mol. The quantitative estimate of drug-likeness (QED) is 0.723. The second-order valence-corrected chi connectivity index (χ2v) is 4.73. The van der Waals surface area contributed by atoms with Gasteiger partial charge in [0.2, 0.25) is 0 Å². The van der Waals surface area contributed by atoms with Crippen LogP contribution in [0.25, 0.3) is 11.0 Å². The van der Waals surface area contributed by atoms with Gasteiger partial charge in [0.05, 0.1) is 6.26 Å². The Hall–Kier alpha value is -1.81. The van der Waals surface area contributed by atoms with Crippen molar-refractivity contribution in [3.8, 4) is 0 Å². The molecule has 0 bridgehead atoms. The molecule has 3 rings (SSSR count). The van der Waals surface area contributed by atoms with Gasteiger partial charge in [-0.3, -0.25) is 0 Å². The number of rotatable bonds is 3. The standard InChI is InChI=1S/C14H14N2OS/c1-2-16-9-12(15-14(16)18)8-10-3-4-13-11(7-10)5-6-17-13/h3-7,9H,2,8H2,1H3,(H,15,18). The first kappa shape index (κ1) is 11.3. The molecular weight excluding hydrogens is 244 g/mol. The molecule has 4 heteroatoms. The van der Waals surface area contributed by atoms with Gasteiger partial charge in [0.25, 0.3) is 0 Å². The highest BCUT2D eigenvalue weighted by molar-refractivity contribution is 7.71. The van der Waals surface area contributed by atoms with Crippen molar-refractivity contribution >= 4 is 23.2 Å². The molecule has 3 nitrogen and oxygen atoms in total. The Kier molecular flexibility index (Phi) is 2.80. The molecule has 0 saturated carbocycles. The van der Waals surface area contributed by atoms with E-state index in [2.05, 4.69) is 30.2 Å². The molecule has 0 aliphatic carbocycles. The molecule has 0 atom stereocenters. The number of aryl methyl sites for hydroxylation is 1. The lowest BCUT2D eigenvalue weighted by atomic mass is 10.1. The summed E-state index contributed by atoms with van der Waals surface area (Å²) < 4.78 is 8.17. The number of fused-ring (bicyclic) bond motifs is 1. The number of benzene rings is 1. The number of H-pyrrole nitrogens is 1. The van der Waals surface area contributed by atoms with Gasteiger partial charge in [0, 0.05) is 30.2 Å². The molecule has 92 valence electrons. The minimum absolute atomic E-state index is 0.789. The zero-order chi connectivity index (χ0) is 12.5. The number of aromatic amines is 1. The van der Waals surface area contributed by atoms with Crippen LogP contribution < -0.4 is 0 Å². The summed E-state index contributed by atoms with van der Waals surface area (Å²) in [5.74, 6) is 0. The minimum atomic E-state index is 0.789. The fourth-order valence-corrected chi connectivity index (χ4v) is 2.47. The van der Waals surface area contributed by atoms with Gasteiger partial charge in [-0.2, -0.15) is 0 Å². The highest BCUT2D eigenvalue weighted by Gasteiger charge is 2.03. The molecule has 18 heavy (non-hydrogen) atoms. The van der Waals surface area contributed by atoms with Crippen molar-refractivity contribution < 1.29 is 4.42 Å². The van der Waals surface area contributed by atoms with E-state index in [1.54, 1.807) is 6.26 Å². The van der Waals surface area contributed by atoms with E-state index in [1.807, 2.05) is 16.7 Å². The topological polar surface area (TPSA) is 33.9 Å². The molecule has 0 amide bonds. The van der Waals surface area contributed by atoms with Crippen LogP contribution in [0.15, 0.2) is 41.1 Å². The molecule has 0 fully saturated rings. The number of aromatic nitrogens is 2. The molecule has 3 aromatic rings. The molecule has 2 heterocycles. The van der Waals surface area contributed by atoms with E-state index >= 15 is 0 Å². The highest BCUT2D eigenvalue weighted by Crippen LogP contribution is 2.18. The van der Waals surface area contributed by atoms with Gasteiger partial charge in [-0.1, -0.05) is 6.07 Å². The number of furan rings is 1. The smallest absolute Gasteiger partial charge is 0.177 e. The predicted molar refractivity (Wildman–Crippen MR) is 74.3 cm³/mol. The molecule has 1 N–H and O–H groups in total. The lowest BCUT2D eigenvalue weighted by molar-refractivity contribution is 0.616. The summed E-state index contributed by atoms with van der Waals surface area (Å²) in [5.41, 5.74) is 3.32. The molecule has 0 aliphatic heterocycles. The third-order valence-electron chi connectivity index (χ3n) is 3.09. The maximum absolute atomic E-state index is 5.34. The van der Waals surface area contributed by atoms with Crippen molar-refractivity contribution in [3.05, 3.63) is 52.8 Å². The third kappa shape index (κ3) is 1.99. The van der Waals surface area contributed by atoms with E-state index in [1.165, 1.54) is 5.56 Å². The molecule has 0 saturated heterocycles. The Morgan fingerprint density at radius 1 is 1.33 bits per heavy atom. The van der Waals surface area contributed by atoms with Crippen LogP contribution in [-0.4, -0.2) is 9.55 Å². The zero-order valence-corrected chi connectivity index (χ0v) is 11.0. The molecule has 0 unspecified atom stereocenters. The van der Waals surface area contributed by atoms with Gasteiger partial charge in [0.15, 0.2) is 4.77 Å². The maximum atomic E-state index is 5.34. The fraction of sp³-hybridized carbons (Fsp3) is 0.214. The second-order valence-electron chi connectivity index (χ2n) is 4.34. The molecule has 1 aromatic carbocycles. The number of imidazole rings is 1. The van der Waals surface area contributed by atoms with Crippen LogP contribution in [0, 0.1) is 4.77 Å². The second kappa shape index (κ2) is 4.46. The van der Waals surface area contributed by atoms with Crippen molar-refractivity contribution in [1.82, 2.24) is 9.55 Å². The summed E-state index contributed by atoms with van der Waals surface area (Å²) in [7, 11) is 0. The van der Waals surface area contributed by atoms with E-state index in [0.29, 0.717) is 0 Å². The largest absolute Gasteiger partial charge is 0.464 e. The van der Waals surface area contributed by atoms with Crippen molar-refractivity contribution in [1.29, 1.82) is 0 Å². The van der Waals surface area contributed by atoms with Gasteiger partial charge in [-0.25, -0.2) is 0 Å². The number of nitrogens with zero attached hydrogens (tertiary/aromatic N) is 1. The zero-order valence-electron chi connectivity index (χ0n) is 10.1. The highest BCUT2D eigenvalue weighted by atomic mass is 32.1. The SMILES string of the molecule is CCn1cc(Cc2ccc3occc3c2)[nH]c1=S. The molecule has 0 aliphatic rings. The van der Waals surface area contributed by atoms with Crippen LogP contribution in [0.3, 0.4) is 0 Å². The molecule has 0 spiro atoms. The Balaban J connectivity index is 1.92. The Morgan fingerprint density at radius 2 is 2.22 bits per heavy atom. The predicted octanol–water partition coefficient (Wildman–Crippen LogP) is 3.90. The van der Waals surface area contributed by atoms with Crippen LogP contribution >= 0.6 is 12.2 Å². The van der Waals surface area contributed by atoms with Gasteiger partial charge in [-0.15, -0.1) is 0 Å². The maximum Gasteiger partial charge on any atom is 0.177 e. The third-order valence-corrected chi connectivity index (χ3v) is 3.43. The summed E-state index contributed by atoms with van der Waals surface area (Å²) in [5, 5.41) is 1.14. The molecule has 0 radical (unpaired) electrons. The van der Waals surface area contributed by atoms with Crippen LogP contribution in [0.4, 0.5) is 0 Å².